The lowest BCUT2D eigenvalue weighted by atomic mass is 9.96. The highest BCUT2D eigenvalue weighted by atomic mass is 35.5. The molecule has 41 heavy (non-hydrogen) atoms. The van der Waals surface area contributed by atoms with Gasteiger partial charge < -0.3 is 24.8 Å². The van der Waals surface area contributed by atoms with E-state index >= 15 is 0 Å². The van der Waals surface area contributed by atoms with E-state index in [0.29, 0.717) is 15.8 Å². The van der Waals surface area contributed by atoms with Crippen LogP contribution >= 0.6 is 23.8 Å². The molecular weight excluding hydrogens is 554 g/mol. The second-order valence-corrected chi connectivity index (χ2v) is 11.0. The average Bonchev–Trinajstić information content (AvgIpc) is 3.45. The minimum Gasteiger partial charge on any atom is -0.375 e. The Morgan fingerprint density at radius 2 is 1.93 bits per heavy atom. The first-order valence-electron chi connectivity index (χ1n) is 13.6. The van der Waals surface area contributed by atoms with Gasteiger partial charge in [-0.15, -0.1) is 0 Å². The van der Waals surface area contributed by atoms with E-state index in [1.807, 2.05) is 30.3 Å². The molecule has 4 aromatic rings. The number of carbonyl (C=O) groups excluding carboxylic acids is 1. The SMILES string of the molecule is CCc1cccc(C)c1-n1c(C)cc([C@@H]2[C@H](c3ccccn3)NC(=S)N2c2ccc(NC(=O)COC)c(Cl)c2)c1C. The predicted molar refractivity (Wildman–Crippen MR) is 169 cm³/mol. The number of aryl methyl sites for hydroxylation is 3. The minimum absolute atomic E-state index is 0.0533. The van der Waals surface area contributed by atoms with Crippen molar-refractivity contribution in [2.45, 2.75) is 46.2 Å². The molecule has 212 valence electrons. The zero-order chi connectivity index (χ0) is 29.3. The summed E-state index contributed by atoms with van der Waals surface area (Å²) in [5, 5.41) is 7.32. The molecule has 1 amide bonds. The number of pyridine rings is 1. The third kappa shape index (κ3) is 5.47. The van der Waals surface area contributed by atoms with Crippen LogP contribution in [0, 0.1) is 20.8 Å². The normalized spacial score (nSPS) is 16.6. The standard InChI is InChI=1S/C32H34ClN5O2S/c1-6-22-11-9-10-19(2)30(22)37-20(3)16-24(21(37)4)31-29(27-12-7-8-15-34-27)36-32(41)38(31)23-13-14-26(25(33)17-23)35-28(39)18-40-5/h7-17,29,31H,6,18H2,1-5H3,(H,35,39)(H,36,41)/t29-,31+/m0/s1. The van der Waals surface area contributed by atoms with E-state index in [2.05, 4.69) is 72.1 Å². The molecule has 1 aliphatic heterocycles. The number of thiocarbonyl (C=S) groups is 1. The largest absolute Gasteiger partial charge is 0.375 e. The lowest BCUT2D eigenvalue weighted by Crippen LogP contribution is -2.29. The molecule has 1 aliphatic rings. The zero-order valence-corrected chi connectivity index (χ0v) is 25.4. The minimum atomic E-state index is -0.274. The summed E-state index contributed by atoms with van der Waals surface area (Å²) in [6, 6.07) is 19.8. The summed E-state index contributed by atoms with van der Waals surface area (Å²) in [7, 11) is 1.48. The Bertz CT molecular complexity index is 1600. The van der Waals surface area contributed by atoms with E-state index in [1.165, 1.54) is 23.9 Å². The van der Waals surface area contributed by atoms with Gasteiger partial charge in [0.15, 0.2) is 5.11 Å². The maximum atomic E-state index is 12.1. The number of rotatable bonds is 8. The summed E-state index contributed by atoms with van der Waals surface area (Å²) in [5.74, 6) is -0.274. The van der Waals surface area contributed by atoms with Crippen molar-refractivity contribution in [1.82, 2.24) is 14.9 Å². The molecule has 1 fully saturated rings. The first-order valence-corrected chi connectivity index (χ1v) is 14.4. The molecule has 0 saturated carbocycles. The Balaban J connectivity index is 1.64. The molecule has 0 unspecified atom stereocenters. The van der Waals surface area contributed by atoms with Gasteiger partial charge in [-0.2, -0.15) is 0 Å². The highest BCUT2D eigenvalue weighted by Crippen LogP contribution is 2.45. The number of halogens is 1. The summed E-state index contributed by atoms with van der Waals surface area (Å²) < 4.78 is 7.29. The lowest BCUT2D eigenvalue weighted by Gasteiger charge is -2.29. The molecule has 5 rings (SSSR count). The number of hydrogen-bond donors (Lipinski definition) is 2. The van der Waals surface area contributed by atoms with Crippen LogP contribution < -0.4 is 15.5 Å². The van der Waals surface area contributed by atoms with Crippen LogP contribution in [0.4, 0.5) is 11.4 Å². The van der Waals surface area contributed by atoms with Gasteiger partial charge in [-0.3, -0.25) is 9.78 Å². The van der Waals surface area contributed by atoms with Crippen LogP contribution in [0.25, 0.3) is 5.69 Å². The van der Waals surface area contributed by atoms with Gasteiger partial charge in [-0.1, -0.05) is 42.8 Å². The number of amides is 1. The van der Waals surface area contributed by atoms with Gasteiger partial charge in [0.2, 0.25) is 5.91 Å². The number of anilines is 2. The number of para-hydroxylation sites is 1. The molecule has 0 radical (unpaired) electrons. The van der Waals surface area contributed by atoms with E-state index < -0.39 is 0 Å². The number of hydrogen-bond acceptors (Lipinski definition) is 4. The second kappa shape index (κ2) is 12.0. The van der Waals surface area contributed by atoms with Gasteiger partial charge in [0, 0.05) is 30.4 Å². The number of aromatic nitrogens is 2. The number of methoxy groups -OCH3 is 1. The van der Waals surface area contributed by atoms with E-state index in [-0.39, 0.29) is 24.6 Å². The third-order valence-electron chi connectivity index (χ3n) is 7.59. The summed E-state index contributed by atoms with van der Waals surface area (Å²) in [6.45, 7) is 8.62. The summed E-state index contributed by atoms with van der Waals surface area (Å²) in [4.78, 5) is 18.9. The number of carbonyl (C=O) groups is 1. The maximum absolute atomic E-state index is 12.1. The van der Waals surface area contributed by atoms with Crippen molar-refractivity contribution in [3.8, 4) is 5.69 Å². The van der Waals surface area contributed by atoms with Crippen molar-refractivity contribution in [3.63, 3.8) is 0 Å². The Hall–Kier alpha value is -3.72. The molecule has 7 nitrogen and oxygen atoms in total. The van der Waals surface area contributed by atoms with E-state index in [1.54, 1.807) is 12.3 Å². The Morgan fingerprint density at radius 1 is 1.12 bits per heavy atom. The van der Waals surface area contributed by atoms with Crippen LogP contribution in [-0.4, -0.2) is 34.3 Å². The van der Waals surface area contributed by atoms with Crippen LogP contribution in [0.5, 0.6) is 0 Å². The van der Waals surface area contributed by atoms with Crippen LogP contribution in [-0.2, 0) is 16.0 Å². The molecule has 0 spiro atoms. The van der Waals surface area contributed by atoms with Crippen molar-refractivity contribution >= 4 is 46.2 Å². The Kier molecular flexibility index (Phi) is 8.45. The maximum Gasteiger partial charge on any atom is 0.250 e. The number of benzene rings is 2. The summed E-state index contributed by atoms with van der Waals surface area (Å²) in [6.07, 6.45) is 2.74. The fraction of sp³-hybridized carbons (Fsp3) is 0.281. The van der Waals surface area contributed by atoms with E-state index in [4.69, 9.17) is 33.5 Å². The van der Waals surface area contributed by atoms with Crippen molar-refractivity contribution in [1.29, 1.82) is 0 Å². The quantitative estimate of drug-likeness (QED) is 0.222. The Morgan fingerprint density at radius 3 is 2.61 bits per heavy atom. The topological polar surface area (TPSA) is 71.4 Å². The fourth-order valence-corrected chi connectivity index (χ4v) is 6.35. The van der Waals surface area contributed by atoms with Gasteiger partial charge in [-0.05, 0) is 92.5 Å². The van der Waals surface area contributed by atoms with Gasteiger partial charge in [0.05, 0.1) is 34.2 Å². The predicted octanol–water partition coefficient (Wildman–Crippen LogP) is 6.78. The van der Waals surface area contributed by atoms with Crippen LogP contribution in [0.15, 0.2) is 66.9 Å². The van der Waals surface area contributed by atoms with Gasteiger partial charge >= 0.3 is 0 Å². The highest BCUT2D eigenvalue weighted by molar-refractivity contribution is 7.80. The molecule has 1 saturated heterocycles. The first-order chi connectivity index (χ1) is 19.7. The van der Waals surface area contributed by atoms with Gasteiger partial charge in [0.25, 0.3) is 0 Å². The van der Waals surface area contributed by atoms with Crippen molar-refractivity contribution < 1.29 is 9.53 Å². The van der Waals surface area contributed by atoms with Crippen LogP contribution in [0.3, 0.4) is 0 Å². The first kappa shape index (κ1) is 28.8. The van der Waals surface area contributed by atoms with Gasteiger partial charge in [-0.25, -0.2) is 0 Å². The molecule has 0 aliphatic carbocycles. The molecule has 2 aromatic heterocycles. The number of nitrogens with one attached hydrogen (secondary N) is 2. The van der Waals surface area contributed by atoms with E-state index in [9.17, 15) is 4.79 Å². The van der Waals surface area contributed by atoms with Gasteiger partial charge in [0.1, 0.15) is 6.61 Å². The Labute approximate surface area is 251 Å². The van der Waals surface area contributed by atoms with Crippen molar-refractivity contribution in [2.24, 2.45) is 0 Å². The number of nitrogens with zero attached hydrogens (tertiary/aromatic N) is 3. The van der Waals surface area contributed by atoms with Crippen molar-refractivity contribution in [3.05, 3.63) is 106 Å². The summed E-state index contributed by atoms with van der Waals surface area (Å²) >= 11 is 12.6. The van der Waals surface area contributed by atoms with Crippen molar-refractivity contribution in [2.75, 3.05) is 23.9 Å². The molecule has 2 aromatic carbocycles. The highest BCUT2D eigenvalue weighted by Gasteiger charge is 2.42. The molecule has 0 bridgehead atoms. The monoisotopic (exact) mass is 587 g/mol. The fourth-order valence-electron chi connectivity index (χ4n) is 5.78. The molecular formula is C32H34ClN5O2S. The average molecular weight is 588 g/mol. The smallest absolute Gasteiger partial charge is 0.250 e. The van der Waals surface area contributed by atoms with E-state index in [0.717, 1.165) is 34.8 Å². The zero-order valence-electron chi connectivity index (χ0n) is 23.9. The van der Waals surface area contributed by atoms with Crippen LogP contribution in [0.1, 0.15) is 52.8 Å². The summed E-state index contributed by atoms with van der Waals surface area (Å²) in [5.41, 5.74) is 9.41. The second-order valence-electron chi connectivity index (χ2n) is 10.2. The third-order valence-corrected chi connectivity index (χ3v) is 8.22. The molecule has 2 N–H and O–H groups in total. The molecule has 9 heteroatoms. The number of ether oxygens (including phenoxy) is 1. The lowest BCUT2D eigenvalue weighted by molar-refractivity contribution is -0.119. The molecule has 2 atom stereocenters. The van der Waals surface area contributed by atoms with Crippen LogP contribution in [0.2, 0.25) is 5.02 Å². The molecule has 3 heterocycles.